The van der Waals surface area contributed by atoms with Crippen LogP contribution >= 0.6 is 0 Å². The number of carbonyl (C=O) groups is 2. The monoisotopic (exact) mass is 536 g/mol. The van der Waals surface area contributed by atoms with Crippen molar-refractivity contribution >= 4 is 23.3 Å². The molecule has 202 valence electrons. The zero-order chi connectivity index (χ0) is 28.6. The fraction of sp³-hybridized carbons (Fsp3) is 0.233. The lowest BCUT2D eigenvalue weighted by Gasteiger charge is -2.32. The first-order valence-electron chi connectivity index (χ1n) is 12.8. The van der Waals surface area contributed by atoms with Gasteiger partial charge in [0.25, 0.3) is 11.5 Å². The third kappa shape index (κ3) is 5.09. The van der Waals surface area contributed by atoms with Crippen LogP contribution < -0.4 is 21.9 Å². The zero-order valence-corrected chi connectivity index (χ0v) is 22.0. The van der Waals surface area contributed by atoms with Gasteiger partial charge in [-0.25, -0.2) is 10.1 Å². The van der Waals surface area contributed by atoms with Crippen LogP contribution in [-0.4, -0.2) is 39.0 Å². The first-order chi connectivity index (χ1) is 19.2. The normalized spacial score (nSPS) is 18.5. The summed E-state index contributed by atoms with van der Waals surface area (Å²) in [5, 5.41) is 22.5. The Morgan fingerprint density at radius 3 is 2.55 bits per heavy atom. The summed E-state index contributed by atoms with van der Waals surface area (Å²) < 4.78 is 0. The molecule has 0 spiro atoms. The number of terminal acetylenes is 1. The molecule has 10 nitrogen and oxygen atoms in total. The Hall–Kier alpha value is -5.17. The number of carbonyl (C=O) groups excluding carboxylic acids is 2. The number of rotatable bonds is 6. The van der Waals surface area contributed by atoms with E-state index in [1.165, 1.54) is 6.92 Å². The Morgan fingerprint density at radius 1 is 1.15 bits per heavy atom. The molecule has 2 atom stereocenters. The topological polar surface area (TPSA) is 163 Å². The number of aromatic amines is 1. The molecule has 0 saturated heterocycles. The summed E-state index contributed by atoms with van der Waals surface area (Å²) >= 11 is 0. The van der Waals surface area contributed by atoms with Crippen LogP contribution in [0, 0.1) is 25.2 Å². The van der Waals surface area contributed by atoms with Crippen molar-refractivity contribution in [1.82, 2.24) is 15.5 Å². The second kappa shape index (κ2) is 10.5. The minimum atomic E-state index is -0.891. The number of amidine groups is 1. The number of nitrogens with two attached hydrogens (primary N) is 1. The maximum atomic E-state index is 13.8. The number of amides is 2. The summed E-state index contributed by atoms with van der Waals surface area (Å²) in [6.07, 6.45) is 7.44. The van der Waals surface area contributed by atoms with E-state index < -0.39 is 23.3 Å². The minimum Gasteiger partial charge on any atom is -0.505 e. The van der Waals surface area contributed by atoms with Gasteiger partial charge in [-0.3, -0.25) is 14.4 Å². The second-order valence-electron chi connectivity index (χ2n) is 9.95. The Morgan fingerprint density at radius 2 is 1.88 bits per heavy atom. The number of nitrogens with one attached hydrogen (secondary N) is 3. The number of hydrogen-bond acceptors (Lipinski definition) is 7. The predicted molar refractivity (Wildman–Crippen MR) is 151 cm³/mol. The van der Waals surface area contributed by atoms with Crippen molar-refractivity contribution in [3.63, 3.8) is 0 Å². The molecule has 0 radical (unpaired) electrons. The van der Waals surface area contributed by atoms with Gasteiger partial charge < -0.3 is 21.5 Å². The minimum absolute atomic E-state index is 0.0981. The van der Waals surface area contributed by atoms with Crippen LogP contribution in [0.2, 0.25) is 0 Å². The van der Waals surface area contributed by atoms with Crippen molar-refractivity contribution < 1.29 is 14.7 Å². The number of H-pyrrole nitrogens is 1. The smallest absolute Gasteiger partial charge is 0.270 e. The maximum Gasteiger partial charge on any atom is 0.270 e. The lowest BCUT2D eigenvalue weighted by molar-refractivity contribution is -0.123. The molecule has 1 saturated carbocycles. The SMILES string of the molecule is C#Cc1cccc(C2C(C(=O)Nc3ccc(-c4n[nH]c(=O)c(C)c4O)cc3)=C(C)N=C(N)C2C(=O)NC2CC2)c1. The number of benzene rings is 2. The molecule has 2 amide bonds. The molecule has 2 heterocycles. The largest absolute Gasteiger partial charge is 0.505 e. The standard InChI is InChI=1S/C30H28N6O4/c1-4-17-6-5-7-19(14-17)23-22(16(3)32-27(31)24(23)30(40)34-21-12-13-21)29(39)33-20-10-8-18(9-11-20)25-26(37)15(2)28(38)36-35-25/h1,5-11,14,21,23-24H,12-13H2,2-3H3,(H2,31,32)(H,33,39)(H,34,40)(H2,36,37,38). The summed E-state index contributed by atoms with van der Waals surface area (Å²) in [6.45, 7) is 3.18. The van der Waals surface area contributed by atoms with Crippen LogP contribution in [0.5, 0.6) is 5.75 Å². The van der Waals surface area contributed by atoms with Gasteiger partial charge in [-0.2, -0.15) is 5.10 Å². The summed E-state index contributed by atoms with van der Waals surface area (Å²) in [5.74, 6) is 0.193. The number of aliphatic imine (C=N–C) groups is 1. The fourth-order valence-electron chi connectivity index (χ4n) is 4.82. The van der Waals surface area contributed by atoms with E-state index in [-0.39, 0.29) is 34.8 Å². The summed E-state index contributed by atoms with van der Waals surface area (Å²) in [4.78, 5) is 43.2. The Labute approximate surface area is 230 Å². The molecule has 5 rings (SSSR count). The Balaban J connectivity index is 1.48. The second-order valence-corrected chi connectivity index (χ2v) is 9.95. The lowest BCUT2D eigenvalue weighted by Crippen LogP contribution is -2.46. The third-order valence-electron chi connectivity index (χ3n) is 7.12. The van der Waals surface area contributed by atoms with Gasteiger partial charge in [0.1, 0.15) is 17.4 Å². The molecule has 10 heteroatoms. The summed E-state index contributed by atoms with van der Waals surface area (Å²) in [5.41, 5.74) is 9.21. The van der Waals surface area contributed by atoms with E-state index in [1.807, 2.05) is 6.07 Å². The first kappa shape index (κ1) is 26.4. The van der Waals surface area contributed by atoms with E-state index >= 15 is 0 Å². The Bertz CT molecular complexity index is 1680. The van der Waals surface area contributed by atoms with Gasteiger partial charge in [-0.15, -0.1) is 6.42 Å². The van der Waals surface area contributed by atoms with Crippen molar-refractivity contribution in [2.24, 2.45) is 16.6 Å². The Kier molecular flexibility index (Phi) is 6.96. The van der Waals surface area contributed by atoms with Crippen LogP contribution in [0.1, 0.15) is 42.4 Å². The molecule has 2 unspecified atom stereocenters. The number of hydrogen-bond donors (Lipinski definition) is 5. The first-order valence-corrected chi connectivity index (χ1v) is 12.8. The average Bonchev–Trinajstić information content (AvgIpc) is 3.76. The van der Waals surface area contributed by atoms with E-state index in [9.17, 15) is 19.5 Å². The van der Waals surface area contributed by atoms with Crippen molar-refractivity contribution in [2.45, 2.75) is 38.6 Å². The van der Waals surface area contributed by atoms with E-state index in [4.69, 9.17) is 12.2 Å². The fourth-order valence-corrected chi connectivity index (χ4v) is 4.82. The molecule has 40 heavy (non-hydrogen) atoms. The van der Waals surface area contributed by atoms with Gasteiger partial charge >= 0.3 is 0 Å². The van der Waals surface area contributed by atoms with E-state index in [2.05, 4.69) is 31.7 Å². The zero-order valence-electron chi connectivity index (χ0n) is 22.0. The molecule has 3 aromatic rings. The van der Waals surface area contributed by atoms with Crippen LogP contribution in [0.25, 0.3) is 11.3 Å². The van der Waals surface area contributed by atoms with Crippen molar-refractivity contribution in [3.8, 4) is 29.4 Å². The number of aromatic hydroxyl groups is 1. The van der Waals surface area contributed by atoms with Crippen LogP contribution in [0.4, 0.5) is 5.69 Å². The van der Waals surface area contributed by atoms with Gasteiger partial charge in [0.05, 0.1) is 5.56 Å². The van der Waals surface area contributed by atoms with E-state index in [1.54, 1.807) is 49.4 Å². The van der Waals surface area contributed by atoms with Gasteiger partial charge in [-0.05, 0) is 56.5 Å². The number of aromatic nitrogens is 2. The summed E-state index contributed by atoms with van der Waals surface area (Å²) in [7, 11) is 0. The highest BCUT2D eigenvalue weighted by atomic mass is 16.3. The van der Waals surface area contributed by atoms with Crippen LogP contribution in [-0.2, 0) is 9.59 Å². The molecule has 1 aromatic heterocycles. The van der Waals surface area contributed by atoms with Gasteiger partial charge in [-0.1, -0.05) is 30.2 Å². The molecular formula is C30H28N6O4. The molecule has 1 fully saturated rings. The highest BCUT2D eigenvalue weighted by Crippen LogP contribution is 2.39. The summed E-state index contributed by atoms with van der Waals surface area (Å²) in [6, 6.07) is 13.9. The number of allylic oxidation sites excluding steroid dienone is 1. The van der Waals surface area contributed by atoms with E-state index in [0.29, 0.717) is 33.6 Å². The quantitative estimate of drug-likeness (QED) is 0.304. The molecule has 0 bridgehead atoms. The van der Waals surface area contributed by atoms with Gasteiger partial charge in [0, 0.05) is 40.0 Å². The number of nitrogens with zero attached hydrogens (tertiary/aromatic N) is 2. The molecule has 2 aliphatic rings. The highest BCUT2D eigenvalue weighted by Gasteiger charge is 2.43. The molecule has 1 aliphatic carbocycles. The number of anilines is 1. The van der Waals surface area contributed by atoms with Crippen molar-refractivity contribution in [2.75, 3.05) is 5.32 Å². The lowest BCUT2D eigenvalue weighted by atomic mass is 9.76. The maximum absolute atomic E-state index is 13.8. The molecule has 2 aromatic carbocycles. The third-order valence-corrected chi connectivity index (χ3v) is 7.12. The van der Waals surface area contributed by atoms with Gasteiger partial charge in [0.15, 0.2) is 5.75 Å². The van der Waals surface area contributed by atoms with Crippen LogP contribution in [0.3, 0.4) is 0 Å². The van der Waals surface area contributed by atoms with Gasteiger partial charge in [0.2, 0.25) is 5.91 Å². The van der Waals surface area contributed by atoms with Crippen molar-refractivity contribution in [1.29, 1.82) is 0 Å². The van der Waals surface area contributed by atoms with E-state index in [0.717, 1.165) is 12.8 Å². The molecular weight excluding hydrogens is 508 g/mol. The molecule has 1 aliphatic heterocycles. The molecule has 6 N–H and O–H groups in total. The highest BCUT2D eigenvalue weighted by molar-refractivity contribution is 6.12. The van der Waals surface area contributed by atoms with Crippen molar-refractivity contribution in [3.05, 3.63) is 86.8 Å². The predicted octanol–water partition coefficient (Wildman–Crippen LogP) is 2.69. The van der Waals surface area contributed by atoms with Crippen LogP contribution in [0.15, 0.2) is 69.6 Å². The average molecular weight is 537 g/mol.